The molecule has 1 aliphatic carbocycles. The molecule has 0 radical (unpaired) electrons. The molecule has 0 saturated heterocycles. The molecule has 1 aliphatic rings. The lowest BCUT2D eigenvalue weighted by atomic mass is 9.85. The van der Waals surface area contributed by atoms with Crippen molar-refractivity contribution in [3.05, 3.63) is 0 Å². The third kappa shape index (κ3) is 18.1. The molecule has 26 nitrogen and oxygen atoms in total. The van der Waals surface area contributed by atoms with E-state index in [1.54, 1.807) is 0 Å². The molecule has 0 bridgehead atoms. The van der Waals surface area contributed by atoms with Crippen molar-refractivity contribution in [3.63, 3.8) is 0 Å². The van der Waals surface area contributed by atoms with Crippen LogP contribution in [0, 0.1) is 0 Å². The first-order chi connectivity index (χ1) is 17.3. The van der Waals surface area contributed by atoms with E-state index in [-0.39, 0.29) is 5.11 Å². The predicted molar refractivity (Wildman–Crippen MR) is 122 cm³/mol. The second-order valence-corrected chi connectivity index (χ2v) is 14.4. The summed E-state index contributed by atoms with van der Waals surface area (Å²) in [6, 6.07) is 0. The second-order valence-electron chi connectivity index (χ2n) is 6.77. The fraction of sp³-hybridized carbons (Fsp3) is 0.857. The normalized spacial score (nSPS) is 27.0. The Balaban J connectivity index is 0.00000354. The summed E-state index contributed by atoms with van der Waals surface area (Å²) in [4.78, 5) is 110. The number of hydrogen-bond acceptors (Lipinski definition) is 13. The van der Waals surface area contributed by atoms with Crippen molar-refractivity contribution in [2.45, 2.75) is 36.6 Å². The van der Waals surface area contributed by atoms with Crippen LogP contribution in [-0.4, -0.2) is 100 Å². The van der Waals surface area contributed by atoms with Crippen molar-refractivity contribution in [2.75, 3.05) is 0 Å². The number of nitrogens with two attached hydrogens (primary N) is 2. The SMILES string of the molecule is NC(N)=S.O=P(O)(O)O[C@H]1[C@H](OP(=O)(O)O)[C@@H](OP(=O)(O)O)[C@H](OP(=O)(O)O)[C@@H](OP(=O)(O)O)[C@H]1OP(=O)(O)O. The van der Waals surface area contributed by atoms with E-state index in [2.05, 4.69) is 50.8 Å². The number of phosphoric acid groups is 6. The van der Waals surface area contributed by atoms with E-state index in [0.29, 0.717) is 0 Å². The Morgan fingerprint density at radius 3 is 0.525 bits per heavy atom. The van der Waals surface area contributed by atoms with Gasteiger partial charge in [0.2, 0.25) is 0 Å². The largest absolute Gasteiger partial charge is 0.470 e. The first-order valence-electron chi connectivity index (χ1n) is 8.79. The van der Waals surface area contributed by atoms with Crippen molar-refractivity contribution in [3.8, 4) is 0 Å². The third-order valence-electron chi connectivity index (χ3n) is 3.50. The molecule has 0 aromatic heterocycles. The molecule has 1 fully saturated rings. The highest BCUT2D eigenvalue weighted by molar-refractivity contribution is 7.80. The van der Waals surface area contributed by atoms with Crippen molar-refractivity contribution in [1.82, 2.24) is 0 Å². The molecule has 1 rings (SSSR count). The van der Waals surface area contributed by atoms with E-state index in [1.807, 2.05) is 0 Å². The molecule has 0 amide bonds. The molecular formula is C7H22N2O24P6S. The van der Waals surface area contributed by atoms with Gasteiger partial charge in [-0.1, -0.05) is 0 Å². The van der Waals surface area contributed by atoms with Crippen LogP contribution in [-0.2, 0) is 54.5 Å². The minimum atomic E-state index is -6.02. The minimum Gasteiger partial charge on any atom is -0.377 e. The van der Waals surface area contributed by atoms with E-state index in [1.165, 1.54) is 0 Å². The predicted octanol–water partition coefficient (Wildman–Crippen LogP) is -3.94. The summed E-state index contributed by atoms with van der Waals surface area (Å²) in [6.07, 6.45) is -18.9. The summed E-state index contributed by atoms with van der Waals surface area (Å²) in [6.45, 7) is 0. The summed E-state index contributed by atoms with van der Waals surface area (Å²) in [5.74, 6) is 0. The van der Waals surface area contributed by atoms with Gasteiger partial charge in [-0.05, 0) is 12.2 Å². The zero-order chi connectivity index (χ0) is 32.3. The summed E-state index contributed by atoms with van der Waals surface area (Å²) in [5.41, 5.74) is 9.24. The van der Waals surface area contributed by atoms with Crippen molar-refractivity contribution < 1.29 is 113 Å². The summed E-state index contributed by atoms with van der Waals surface area (Å²) in [5, 5.41) is 0.000000000000000222. The Hall–Kier alpha value is 0.350. The van der Waals surface area contributed by atoms with Crippen LogP contribution in [0.25, 0.3) is 0 Å². The van der Waals surface area contributed by atoms with Crippen LogP contribution >= 0.6 is 59.2 Å². The highest BCUT2D eigenvalue weighted by Crippen LogP contribution is 2.57. The van der Waals surface area contributed by atoms with Gasteiger partial charge in [-0.15, -0.1) is 0 Å². The molecule has 16 N–H and O–H groups in total. The molecule has 0 aliphatic heterocycles. The first kappa shape index (κ1) is 40.4. The Morgan fingerprint density at radius 1 is 0.400 bits per heavy atom. The average molecular weight is 736 g/mol. The summed E-state index contributed by atoms with van der Waals surface area (Å²) >= 11 is 4.09. The molecule has 0 unspecified atom stereocenters. The lowest BCUT2D eigenvalue weighted by Gasteiger charge is -2.48. The highest BCUT2D eigenvalue weighted by Gasteiger charge is 2.62. The van der Waals surface area contributed by atoms with Crippen LogP contribution < -0.4 is 11.5 Å². The Morgan fingerprint density at radius 2 is 0.475 bits per heavy atom. The van der Waals surface area contributed by atoms with Gasteiger partial charge in [-0.25, -0.2) is 27.4 Å². The topological polar surface area (TPSA) is 453 Å². The second kappa shape index (κ2) is 14.4. The molecule has 0 aromatic carbocycles. The molecule has 0 atom stereocenters. The van der Waals surface area contributed by atoms with Crippen LogP contribution in [0.1, 0.15) is 0 Å². The van der Waals surface area contributed by atoms with Gasteiger partial charge in [0, 0.05) is 0 Å². The van der Waals surface area contributed by atoms with Gasteiger partial charge in [0.05, 0.1) is 0 Å². The molecule has 1 saturated carbocycles. The Kier molecular flexibility index (Phi) is 14.5. The average Bonchev–Trinajstić information content (AvgIpc) is 2.57. The molecule has 33 heteroatoms. The van der Waals surface area contributed by atoms with Crippen LogP contribution in [0.3, 0.4) is 0 Å². The minimum absolute atomic E-state index is 0.000000000000000222. The van der Waals surface area contributed by atoms with Crippen LogP contribution in [0.4, 0.5) is 0 Å². The van der Waals surface area contributed by atoms with Crippen LogP contribution in [0.2, 0.25) is 0 Å². The molecule has 0 spiro atoms. The van der Waals surface area contributed by atoms with Gasteiger partial charge in [0.25, 0.3) is 0 Å². The first-order valence-corrected chi connectivity index (χ1v) is 18.4. The lowest BCUT2D eigenvalue weighted by molar-refractivity contribution is -0.202. The highest BCUT2D eigenvalue weighted by atomic mass is 32.1. The van der Waals surface area contributed by atoms with E-state index in [4.69, 9.17) is 58.7 Å². The van der Waals surface area contributed by atoms with Crippen molar-refractivity contribution in [2.24, 2.45) is 11.5 Å². The van der Waals surface area contributed by atoms with Crippen molar-refractivity contribution in [1.29, 1.82) is 0 Å². The smallest absolute Gasteiger partial charge is 0.377 e. The van der Waals surface area contributed by atoms with Gasteiger partial charge in [0.1, 0.15) is 36.6 Å². The monoisotopic (exact) mass is 736 g/mol. The number of thiocarbonyl (C=S) groups is 1. The molecule has 40 heavy (non-hydrogen) atoms. The zero-order valence-corrected chi connectivity index (χ0v) is 24.7. The maximum absolute atomic E-state index is 11.4. The molecule has 0 aromatic rings. The number of rotatable bonds is 12. The standard InChI is InChI=1S/C6H18O24P6.CH4N2S/c7-31(8,9)25-1-2(26-32(10,11)12)4(28-34(16,17)18)6(30-36(22,23)24)5(29-35(19,20)21)3(1)27-33(13,14)15;2-1(3)4/h1-6H,(H2,7,8,9)(H2,10,11,12)(H2,13,14,15)(H2,16,17,18)(H2,19,20,21)(H2,22,23,24);(H4,2,3,4)/t1-,2-,3-,4+,5-,6-;. The van der Waals surface area contributed by atoms with Crippen molar-refractivity contribution >= 4 is 64.3 Å². The van der Waals surface area contributed by atoms with E-state index in [9.17, 15) is 27.4 Å². The maximum atomic E-state index is 11.4. The van der Waals surface area contributed by atoms with E-state index >= 15 is 0 Å². The zero-order valence-electron chi connectivity index (χ0n) is 18.5. The fourth-order valence-corrected chi connectivity index (χ4v) is 6.14. The maximum Gasteiger partial charge on any atom is 0.470 e. The van der Waals surface area contributed by atoms with Gasteiger partial charge in [-0.3, -0.25) is 27.1 Å². The number of hydrogen-bond donors (Lipinski definition) is 14. The Bertz CT molecular complexity index is 925. The van der Waals surface area contributed by atoms with Gasteiger partial charge in [0.15, 0.2) is 5.11 Å². The van der Waals surface area contributed by atoms with Crippen LogP contribution in [0.15, 0.2) is 0 Å². The van der Waals surface area contributed by atoms with Gasteiger partial charge in [-0.2, -0.15) is 0 Å². The van der Waals surface area contributed by atoms with E-state index in [0.717, 1.165) is 0 Å². The van der Waals surface area contributed by atoms with Gasteiger partial charge >= 0.3 is 46.9 Å². The summed E-state index contributed by atoms with van der Waals surface area (Å²) in [7, 11) is -36.1. The molecule has 240 valence electrons. The molecule has 0 heterocycles. The van der Waals surface area contributed by atoms with E-state index < -0.39 is 83.6 Å². The Labute approximate surface area is 225 Å². The molecular weight excluding hydrogens is 714 g/mol. The number of phosphoric ester groups is 6. The van der Waals surface area contributed by atoms with Gasteiger partial charge < -0.3 is 70.2 Å². The lowest BCUT2D eigenvalue weighted by Crippen LogP contribution is -2.66. The fourth-order valence-electron chi connectivity index (χ4n) is 2.79. The van der Waals surface area contributed by atoms with Crippen LogP contribution in [0.5, 0.6) is 0 Å². The quantitative estimate of drug-likeness (QED) is 0.0671. The third-order valence-corrected chi connectivity index (χ3v) is 6.61. The summed E-state index contributed by atoms with van der Waals surface area (Å²) < 4.78 is 93.1.